The van der Waals surface area contributed by atoms with Crippen molar-refractivity contribution in [3.8, 4) is 11.5 Å². The van der Waals surface area contributed by atoms with E-state index in [1.807, 2.05) is 12.1 Å². The molecule has 0 atom stereocenters. The quantitative estimate of drug-likeness (QED) is 0.765. The molecule has 0 spiro atoms. The Kier molecular flexibility index (Phi) is 6.96. The summed E-state index contributed by atoms with van der Waals surface area (Å²) >= 11 is 0. The molecule has 0 unspecified atom stereocenters. The molecule has 2 N–H and O–H groups in total. The normalized spacial score (nSPS) is 9.00. The molecule has 0 bridgehead atoms. The fraction of sp³-hybridized carbons (Fsp3) is 0. The van der Waals surface area contributed by atoms with E-state index in [2.05, 4.69) is 6.58 Å². The van der Waals surface area contributed by atoms with E-state index >= 15 is 0 Å². The van der Waals surface area contributed by atoms with Gasteiger partial charge < -0.3 is 10.2 Å². The van der Waals surface area contributed by atoms with Crippen LogP contribution in [0.1, 0.15) is 5.56 Å². The number of phenols is 2. The van der Waals surface area contributed by atoms with Gasteiger partial charge in [0.25, 0.3) is 0 Å². The van der Waals surface area contributed by atoms with Crippen LogP contribution < -0.4 is 0 Å². The third kappa shape index (κ3) is 2.92. The van der Waals surface area contributed by atoms with Crippen molar-refractivity contribution >= 4 is 16.8 Å². The Morgan fingerprint density at radius 1 is 0.938 bits per heavy atom. The molecule has 0 heterocycles. The molecule has 0 aliphatic carbocycles. The molecular weight excluding hydrogens is 354 g/mol. The molecule has 0 aliphatic heterocycles. The van der Waals surface area contributed by atoms with Gasteiger partial charge in [0.2, 0.25) is 0 Å². The molecule has 0 saturated heterocycles. The van der Waals surface area contributed by atoms with Crippen molar-refractivity contribution in [3.05, 3.63) is 42.5 Å². The number of benzene rings is 2. The molecule has 76 valence electrons. The van der Waals surface area contributed by atoms with Gasteiger partial charge in [0.1, 0.15) is 0 Å². The summed E-state index contributed by atoms with van der Waals surface area (Å²) in [6.45, 7) is 3.69. The Labute approximate surface area is 145 Å². The molecule has 4 heteroatoms. The molecule has 0 aliphatic rings. The summed E-state index contributed by atoms with van der Waals surface area (Å²) in [5.74, 6) is -0.176. The van der Waals surface area contributed by atoms with E-state index < -0.39 is 0 Å². The largest absolute Gasteiger partial charge is 0.504 e. The number of hydrogen-bond acceptors (Lipinski definition) is 2. The summed E-state index contributed by atoms with van der Waals surface area (Å²) < 4.78 is 0. The van der Waals surface area contributed by atoms with Gasteiger partial charge in [-0.05, 0) is 23.1 Å². The summed E-state index contributed by atoms with van der Waals surface area (Å²) in [6.07, 6.45) is 1.72. The van der Waals surface area contributed by atoms with Crippen LogP contribution in [0.3, 0.4) is 0 Å². The van der Waals surface area contributed by atoms with Crippen LogP contribution in [0.2, 0.25) is 0 Å². The van der Waals surface area contributed by atoms with Crippen molar-refractivity contribution in [3.63, 3.8) is 0 Å². The molecule has 2 nitrogen and oxygen atoms in total. The number of fused-ring (bicyclic) bond motifs is 1. The Morgan fingerprint density at radius 2 is 1.62 bits per heavy atom. The van der Waals surface area contributed by atoms with E-state index in [9.17, 15) is 10.2 Å². The fourth-order valence-corrected chi connectivity index (χ4v) is 1.53. The second-order valence-electron chi connectivity index (χ2n) is 3.08. The first-order valence-corrected chi connectivity index (χ1v) is 4.30. The molecule has 0 aromatic heterocycles. The van der Waals surface area contributed by atoms with Crippen LogP contribution in [-0.2, 0) is 65.4 Å². The average molecular weight is 364 g/mol. The maximum Gasteiger partial charge on any atom is 0.165 e. The van der Waals surface area contributed by atoms with Gasteiger partial charge in [0, 0.05) is 70.8 Å². The van der Waals surface area contributed by atoms with Crippen molar-refractivity contribution in [2.24, 2.45) is 0 Å². The van der Waals surface area contributed by atoms with Gasteiger partial charge in [-0.25, -0.2) is 0 Å². The Morgan fingerprint density at radius 3 is 2.25 bits per heavy atom. The molecule has 0 fully saturated rings. The second kappa shape index (κ2) is 6.86. The summed E-state index contributed by atoms with van der Waals surface area (Å²) in [4.78, 5) is 0. The van der Waals surface area contributed by atoms with E-state index in [1.54, 1.807) is 18.2 Å². The van der Waals surface area contributed by atoms with Crippen molar-refractivity contribution in [2.45, 2.75) is 0 Å². The molecule has 2 rings (SSSR count). The van der Waals surface area contributed by atoms with Crippen LogP contribution >= 0.6 is 0 Å². The van der Waals surface area contributed by atoms with Crippen LogP contribution in [0.15, 0.2) is 36.9 Å². The Bertz CT molecular complexity index is 510. The monoisotopic (exact) mass is 364 g/mol. The third-order valence-electron chi connectivity index (χ3n) is 2.27. The summed E-state index contributed by atoms with van der Waals surface area (Å²) in [6, 6.07) is 8.73. The molecule has 2 aromatic rings. The predicted molar refractivity (Wildman–Crippen MR) is 57.4 cm³/mol. The van der Waals surface area contributed by atoms with E-state index in [4.69, 9.17) is 0 Å². The average Bonchev–Trinajstić information content (AvgIpc) is 2.23. The predicted octanol–water partition coefficient (Wildman–Crippen LogP) is 2.89. The zero-order chi connectivity index (χ0) is 10.1. The minimum Gasteiger partial charge on any atom is -0.504 e. The second-order valence-corrected chi connectivity index (χ2v) is 3.08. The zero-order valence-electron chi connectivity index (χ0n) is 8.72. The van der Waals surface area contributed by atoms with Gasteiger partial charge >= 0.3 is 0 Å². The van der Waals surface area contributed by atoms with Crippen LogP contribution in [0.5, 0.6) is 11.5 Å². The fourth-order valence-electron chi connectivity index (χ4n) is 1.53. The SMILES string of the molecule is C=Cc1cccc2c(O)c(O)ccc12.[Y].[Y]. The van der Waals surface area contributed by atoms with Gasteiger partial charge in [0.05, 0.1) is 0 Å². The van der Waals surface area contributed by atoms with Crippen LogP contribution in [-0.4, -0.2) is 10.2 Å². The van der Waals surface area contributed by atoms with Gasteiger partial charge in [0.15, 0.2) is 11.5 Å². The number of aromatic hydroxyl groups is 2. The summed E-state index contributed by atoms with van der Waals surface area (Å²) in [5.41, 5.74) is 0.942. The number of rotatable bonds is 1. The minimum atomic E-state index is -0.0984. The molecule has 0 saturated carbocycles. The van der Waals surface area contributed by atoms with Gasteiger partial charge in [-0.3, -0.25) is 0 Å². The topological polar surface area (TPSA) is 40.5 Å². The van der Waals surface area contributed by atoms with Crippen molar-refractivity contribution in [2.75, 3.05) is 0 Å². The van der Waals surface area contributed by atoms with E-state index in [0.29, 0.717) is 5.39 Å². The molecule has 2 aromatic carbocycles. The van der Waals surface area contributed by atoms with E-state index in [0.717, 1.165) is 10.9 Å². The van der Waals surface area contributed by atoms with Crippen LogP contribution in [0.4, 0.5) is 0 Å². The molecule has 0 amide bonds. The van der Waals surface area contributed by atoms with Gasteiger partial charge in [-0.2, -0.15) is 0 Å². The number of hydrogen-bond donors (Lipinski definition) is 2. The molecular formula is C12H10O2Y2. The van der Waals surface area contributed by atoms with Gasteiger partial charge in [-0.1, -0.05) is 30.9 Å². The first-order chi connectivity index (χ1) is 6.74. The van der Waals surface area contributed by atoms with Crippen molar-refractivity contribution in [1.29, 1.82) is 0 Å². The van der Waals surface area contributed by atoms with Crippen molar-refractivity contribution < 1.29 is 75.6 Å². The third-order valence-corrected chi connectivity index (χ3v) is 2.27. The molecule has 2 radical (unpaired) electrons. The van der Waals surface area contributed by atoms with Crippen LogP contribution in [0.25, 0.3) is 16.8 Å². The first kappa shape index (κ1) is 16.2. The minimum absolute atomic E-state index is 0. The van der Waals surface area contributed by atoms with E-state index in [-0.39, 0.29) is 76.9 Å². The maximum absolute atomic E-state index is 9.59. The summed E-state index contributed by atoms with van der Waals surface area (Å²) in [5, 5.41) is 20.4. The summed E-state index contributed by atoms with van der Waals surface area (Å²) in [7, 11) is 0. The number of phenolic OH excluding ortho intramolecular Hbond substituents is 2. The van der Waals surface area contributed by atoms with Crippen LogP contribution in [0, 0.1) is 0 Å². The Hall–Kier alpha value is 0.248. The zero-order valence-corrected chi connectivity index (χ0v) is 14.4. The Balaban J connectivity index is 0.00000112. The van der Waals surface area contributed by atoms with E-state index in [1.165, 1.54) is 6.07 Å². The van der Waals surface area contributed by atoms with Gasteiger partial charge in [-0.15, -0.1) is 0 Å². The van der Waals surface area contributed by atoms with Crippen molar-refractivity contribution in [1.82, 2.24) is 0 Å². The maximum atomic E-state index is 9.59. The standard InChI is InChI=1S/C12H10O2.2Y/c1-2-8-4-3-5-10-9(8)6-7-11(13)12(10)14;;/h2-7,13-14H,1H2;;. The first-order valence-electron chi connectivity index (χ1n) is 4.30. The smallest absolute Gasteiger partial charge is 0.165 e. The molecule has 16 heavy (non-hydrogen) atoms.